The van der Waals surface area contributed by atoms with Gasteiger partial charge in [-0.25, -0.2) is 4.98 Å². The highest BCUT2D eigenvalue weighted by Crippen LogP contribution is 2.15. The van der Waals surface area contributed by atoms with E-state index in [4.69, 9.17) is 0 Å². The van der Waals surface area contributed by atoms with Crippen molar-refractivity contribution in [1.29, 1.82) is 0 Å². The zero-order valence-corrected chi connectivity index (χ0v) is 14.2. The first kappa shape index (κ1) is 17.7. The monoisotopic (exact) mass is 293 g/mol. The van der Waals surface area contributed by atoms with Gasteiger partial charge in [0.2, 0.25) is 5.95 Å². The van der Waals surface area contributed by atoms with E-state index in [2.05, 4.69) is 46.3 Å². The van der Waals surface area contributed by atoms with E-state index >= 15 is 0 Å². The molecule has 0 spiro atoms. The molecule has 0 amide bonds. The van der Waals surface area contributed by atoms with Crippen molar-refractivity contribution < 1.29 is 0 Å². The largest absolute Gasteiger partial charge is 0.367 e. The quantitative estimate of drug-likeness (QED) is 0.694. The van der Waals surface area contributed by atoms with Crippen LogP contribution in [0.5, 0.6) is 0 Å². The number of aromatic nitrogens is 2. The SMILES string of the molecule is CCNc1ncc(C)c(NC(C)CCCN(CC)CC)n1. The molecule has 0 aliphatic rings. The Morgan fingerprint density at radius 1 is 1.24 bits per heavy atom. The Morgan fingerprint density at radius 2 is 1.95 bits per heavy atom. The molecule has 5 nitrogen and oxygen atoms in total. The summed E-state index contributed by atoms with van der Waals surface area (Å²) in [7, 11) is 0. The van der Waals surface area contributed by atoms with Crippen molar-refractivity contribution >= 4 is 11.8 Å². The molecule has 21 heavy (non-hydrogen) atoms. The van der Waals surface area contributed by atoms with Gasteiger partial charge in [-0.3, -0.25) is 0 Å². The van der Waals surface area contributed by atoms with Crippen molar-refractivity contribution in [3.05, 3.63) is 11.8 Å². The first-order valence-corrected chi connectivity index (χ1v) is 8.17. The summed E-state index contributed by atoms with van der Waals surface area (Å²) < 4.78 is 0. The minimum absolute atomic E-state index is 0.420. The van der Waals surface area contributed by atoms with Crippen LogP contribution in [0, 0.1) is 6.92 Å². The smallest absolute Gasteiger partial charge is 0.224 e. The second kappa shape index (κ2) is 9.55. The van der Waals surface area contributed by atoms with Gasteiger partial charge >= 0.3 is 0 Å². The van der Waals surface area contributed by atoms with Crippen LogP contribution in [0.15, 0.2) is 6.20 Å². The van der Waals surface area contributed by atoms with E-state index in [1.54, 1.807) is 0 Å². The molecule has 2 N–H and O–H groups in total. The molecule has 0 aliphatic heterocycles. The van der Waals surface area contributed by atoms with Crippen molar-refractivity contribution in [2.75, 3.05) is 36.8 Å². The van der Waals surface area contributed by atoms with Crippen molar-refractivity contribution in [3.63, 3.8) is 0 Å². The highest BCUT2D eigenvalue weighted by Gasteiger charge is 2.08. The summed E-state index contributed by atoms with van der Waals surface area (Å²) in [5.41, 5.74) is 1.09. The Labute approximate surface area is 129 Å². The fraction of sp³-hybridized carbons (Fsp3) is 0.750. The second-order valence-electron chi connectivity index (χ2n) is 5.47. The maximum atomic E-state index is 4.53. The van der Waals surface area contributed by atoms with Gasteiger partial charge in [0.05, 0.1) is 0 Å². The standard InChI is InChI=1S/C16H31N5/c1-6-17-16-18-12-13(4)15(20-16)19-14(5)10-9-11-21(7-2)8-3/h12,14H,6-11H2,1-5H3,(H2,17,18,19,20). The second-order valence-corrected chi connectivity index (χ2v) is 5.47. The van der Waals surface area contributed by atoms with Crippen LogP contribution in [0.2, 0.25) is 0 Å². The van der Waals surface area contributed by atoms with Crippen LogP contribution in [-0.4, -0.2) is 47.1 Å². The summed E-state index contributed by atoms with van der Waals surface area (Å²) in [5.74, 6) is 1.64. The zero-order chi connectivity index (χ0) is 15.7. The average molecular weight is 293 g/mol. The van der Waals surface area contributed by atoms with Crippen LogP contribution in [-0.2, 0) is 0 Å². The lowest BCUT2D eigenvalue weighted by Gasteiger charge is -2.20. The van der Waals surface area contributed by atoms with Crippen LogP contribution >= 0.6 is 0 Å². The van der Waals surface area contributed by atoms with Crippen LogP contribution in [0.25, 0.3) is 0 Å². The van der Waals surface area contributed by atoms with Crippen molar-refractivity contribution in [3.8, 4) is 0 Å². The minimum Gasteiger partial charge on any atom is -0.367 e. The van der Waals surface area contributed by atoms with E-state index in [9.17, 15) is 0 Å². The van der Waals surface area contributed by atoms with E-state index in [-0.39, 0.29) is 0 Å². The van der Waals surface area contributed by atoms with Crippen molar-refractivity contribution in [2.45, 2.75) is 53.5 Å². The summed E-state index contributed by atoms with van der Waals surface area (Å²) in [6.07, 6.45) is 4.23. The first-order valence-electron chi connectivity index (χ1n) is 8.17. The predicted octanol–water partition coefficient (Wildman–Crippen LogP) is 3.14. The number of nitrogens with one attached hydrogen (secondary N) is 2. The maximum Gasteiger partial charge on any atom is 0.224 e. The fourth-order valence-corrected chi connectivity index (χ4v) is 2.30. The highest BCUT2D eigenvalue weighted by atomic mass is 15.1. The average Bonchev–Trinajstić information content (AvgIpc) is 2.47. The molecular weight excluding hydrogens is 262 g/mol. The topological polar surface area (TPSA) is 53.1 Å². The highest BCUT2D eigenvalue weighted by molar-refractivity contribution is 5.46. The third-order valence-electron chi connectivity index (χ3n) is 3.70. The van der Waals surface area contributed by atoms with Crippen LogP contribution in [0.1, 0.15) is 46.1 Å². The first-order chi connectivity index (χ1) is 10.1. The Kier molecular flexibility index (Phi) is 8.05. The minimum atomic E-state index is 0.420. The van der Waals surface area contributed by atoms with Gasteiger partial charge in [0.15, 0.2) is 0 Å². The summed E-state index contributed by atoms with van der Waals surface area (Å²) in [6, 6.07) is 0.420. The normalized spacial score (nSPS) is 12.5. The lowest BCUT2D eigenvalue weighted by Crippen LogP contribution is -2.26. The third kappa shape index (κ3) is 6.29. The molecule has 1 heterocycles. The van der Waals surface area contributed by atoms with Gasteiger partial charge in [0.25, 0.3) is 0 Å². The van der Waals surface area contributed by atoms with Crippen LogP contribution < -0.4 is 10.6 Å². The predicted molar refractivity (Wildman–Crippen MR) is 91.0 cm³/mol. The zero-order valence-electron chi connectivity index (χ0n) is 14.2. The van der Waals surface area contributed by atoms with Crippen LogP contribution in [0.4, 0.5) is 11.8 Å². The Bertz CT molecular complexity index is 404. The summed E-state index contributed by atoms with van der Waals surface area (Å²) in [4.78, 5) is 11.3. The molecule has 0 fully saturated rings. The lowest BCUT2D eigenvalue weighted by atomic mass is 10.1. The third-order valence-corrected chi connectivity index (χ3v) is 3.70. The Balaban J connectivity index is 2.46. The maximum absolute atomic E-state index is 4.53. The van der Waals surface area contributed by atoms with E-state index in [1.807, 2.05) is 20.0 Å². The molecule has 1 aromatic heterocycles. The lowest BCUT2D eigenvalue weighted by molar-refractivity contribution is 0.295. The molecule has 1 rings (SSSR count). The molecule has 1 atom stereocenters. The molecule has 5 heteroatoms. The van der Waals surface area contributed by atoms with E-state index in [1.165, 1.54) is 13.0 Å². The van der Waals surface area contributed by atoms with E-state index < -0.39 is 0 Å². The summed E-state index contributed by atoms with van der Waals surface area (Å²) >= 11 is 0. The van der Waals surface area contributed by atoms with Crippen molar-refractivity contribution in [2.24, 2.45) is 0 Å². The summed E-state index contributed by atoms with van der Waals surface area (Å²) in [6.45, 7) is 15.0. The summed E-state index contributed by atoms with van der Waals surface area (Å²) in [5, 5.41) is 6.66. The van der Waals surface area contributed by atoms with Crippen LogP contribution in [0.3, 0.4) is 0 Å². The Morgan fingerprint density at radius 3 is 2.57 bits per heavy atom. The number of rotatable bonds is 10. The molecule has 0 bridgehead atoms. The van der Waals surface area contributed by atoms with Gasteiger partial charge in [-0.2, -0.15) is 4.98 Å². The Hall–Kier alpha value is -1.36. The number of nitrogens with zero attached hydrogens (tertiary/aromatic N) is 3. The van der Waals surface area contributed by atoms with Gasteiger partial charge < -0.3 is 15.5 Å². The van der Waals surface area contributed by atoms with Gasteiger partial charge in [-0.05, 0) is 53.2 Å². The van der Waals surface area contributed by atoms with Gasteiger partial charge in [-0.15, -0.1) is 0 Å². The fourth-order valence-electron chi connectivity index (χ4n) is 2.30. The van der Waals surface area contributed by atoms with Crippen molar-refractivity contribution in [1.82, 2.24) is 14.9 Å². The molecule has 0 aliphatic carbocycles. The molecule has 1 unspecified atom stereocenters. The molecule has 120 valence electrons. The van der Waals surface area contributed by atoms with Gasteiger partial charge in [0.1, 0.15) is 5.82 Å². The molecule has 0 aromatic carbocycles. The number of aryl methyl sites for hydroxylation is 1. The number of hydrogen-bond donors (Lipinski definition) is 2. The van der Waals surface area contributed by atoms with E-state index in [0.29, 0.717) is 12.0 Å². The van der Waals surface area contributed by atoms with E-state index in [0.717, 1.165) is 37.4 Å². The van der Waals surface area contributed by atoms with Gasteiger partial charge in [0, 0.05) is 24.3 Å². The molecular formula is C16H31N5. The molecule has 0 saturated heterocycles. The molecule has 1 aromatic rings. The number of anilines is 2. The number of hydrogen-bond acceptors (Lipinski definition) is 5. The van der Waals surface area contributed by atoms with Gasteiger partial charge in [-0.1, -0.05) is 13.8 Å². The molecule has 0 saturated carbocycles. The molecule has 0 radical (unpaired) electrons.